The molecule has 31 heavy (non-hydrogen) atoms. The maximum Gasteiger partial charge on any atom is 0.289 e. The number of nitrogens with two attached hydrogens (primary N) is 1. The minimum absolute atomic E-state index is 0.0771. The molecule has 6 nitrogen and oxygen atoms in total. The zero-order valence-electron chi connectivity index (χ0n) is 16.8. The Morgan fingerprint density at radius 1 is 1.19 bits per heavy atom. The summed E-state index contributed by atoms with van der Waals surface area (Å²) in [4.78, 5) is 26.6. The SMILES string of the molecule is NC(=O)C[C@@]1(COc2ccc(F)cc2)CCCN(C(=O)c2cc3cc(Cl)ccc3o2)C1. The Balaban J connectivity index is 1.53. The summed E-state index contributed by atoms with van der Waals surface area (Å²) in [6.07, 6.45) is 1.45. The van der Waals surface area contributed by atoms with Crippen LogP contribution >= 0.6 is 11.6 Å². The Morgan fingerprint density at radius 3 is 2.71 bits per heavy atom. The molecule has 2 N–H and O–H groups in total. The molecule has 1 aromatic heterocycles. The second kappa shape index (κ2) is 8.59. The van der Waals surface area contributed by atoms with E-state index in [0.29, 0.717) is 42.3 Å². The highest BCUT2D eigenvalue weighted by Crippen LogP contribution is 2.35. The summed E-state index contributed by atoms with van der Waals surface area (Å²) in [5.41, 5.74) is 5.46. The first-order valence-corrected chi connectivity index (χ1v) is 10.4. The van der Waals surface area contributed by atoms with Crippen molar-refractivity contribution in [2.24, 2.45) is 11.1 Å². The molecule has 0 aliphatic carbocycles. The molecule has 0 saturated carbocycles. The van der Waals surface area contributed by atoms with Crippen molar-refractivity contribution in [3.63, 3.8) is 0 Å². The molecule has 162 valence electrons. The van der Waals surface area contributed by atoms with Crippen LogP contribution in [0.3, 0.4) is 0 Å². The second-order valence-corrected chi connectivity index (χ2v) is 8.45. The van der Waals surface area contributed by atoms with Gasteiger partial charge in [-0.25, -0.2) is 4.39 Å². The number of carbonyl (C=O) groups excluding carboxylic acids is 2. The highest BCUT2D eigenvalue weighted by atomic mass is 35.5. The standard InChI is InChI=1S/C23H22ClFN2O4/c24-16-2-7-19-15(10-16)11-20(31-19)22(29)27-9-1-8-23(13-27,12-21(26)28)14-30-18-5-3-17(25)4-6-18/h2-7,10-11H,1,8-9,12-14H2,(H2,26,28)/t23-/m0/s1. The van der Waals surface area contributed by atoms with Gasteiger partial charge in [0.25, 0.3) is 5.91 Å². The van der Waals surface area contributed by atoms with E-state index in [1.54, 1.807) is 29.2 Å². The number of rotatable bonds is 6. The highest BCUT2D eigenvalue weighted by Gasteiger charge is 2.40. The van der Waals surface area contributed by atoms with E-state index in [1.807, 2.05) is 0 Å². The van der Waals surface area contributed by atoms with Crippen LogP contribution in [0.1, 0.15) is 29.8 Å². The van der Waals surface area contributed by atoms with Crippen LogP contribution in [0.25, 0.3) is 11.0 Å². The van der Waals surface area contributed by atoms with Crippen LogP contribution in [0.15, 0.2) is 52.9 Å². The van der Waals surface area contributed by atoms with Crippen LogP contribution in [0, 0.1) is 11.2 Å². The van der Waals surface area contributed by atoms with Gasteiger partial charge in [0, 0.05) is 35.3 Å². The van der Waals surface area contributed by atoms with Crippen molar-refractivity contribution in [3.05, 3.63) is 65.1 Å². The van der Waals surface area contributed by atoms with E-state index in [4.69, 9.17) is 26.5 Å². The molecule has 2 heterocycles. The third kappa shape index (κ3) is 4.82. The van der Waals surface area contributed by atoms with Gasteiger partial charge in [0.2, 0.25) is 5.91 Å². The Morgan fingerprint density at radius 2 is 1.97 bits per heavy atom. The van der Waals surface area contributed by atoms with E-state index in [0.717, 1.165) is 5.39 Å². The minimum atomic E-state index is -0.635. The van der Waals surface area contributed by atoms with E-state index in [1.165, 1.54) is 24.3 Å². The molecule has 0 bridgehead atoms. The van der Waals surface area contributed by atoms with Gasteiger partial charge in [-0.1, -0.05) is 11.6 Å². The number of piperidine rings is 1. The zero-order chi connectivity index (χ0) is 22.0. The van der Waals surface area contributed by atoms with Gasteiger partial charge in [-0.2, -0.15) is 0 Å². The van der Waals surface area contributed by atoms with Gasteiger partial charge in [-0.15, -0.1) is 0 Å². The zero-order valence-corrected chi connectivity index (χ0v) is 17.5. The summed E-state index contributed by atoms with van der Waals surface area (Å²) in [5.74, 6) is -0.381. The Hall–Kier alpha value is -3.06. The minimum Gasteiger partial charge on any atom is -0.493 e. The number of nitrogens with zero attached hydrogens (tertiary/aromatic N) is 1. The lowest BCUT2D eigenvalue weighted by Crippen LogP contribution is -2.50. The molecule has 0 unspecified atom stereocenters. The quantitative estimate of drug-likeness (QED) is 0.610. The first-order valence-electron chi connectivity index (χ1n) is 9.99. The number of amides is 2. The lowest BCUT2D eigenvalue weighted by Gasteiger charge is -2.41. The first-order chi connectivity index (χ1) is 14.8. The number of likely N-dealkylation sites (tertiary alicyclic amines) is 1. The number of hydrogen-bond donors (Lipinski definition) is 1. The smallest absolute Gasteiger partial charge is 0.289 e. The first kappa shape index (κ1) is 21.2. The van der Waals surface area contributed by atoms with Gasteiger partial charge in [0.1, 0.15) is 17.1 Å². The molecular weight excluding hydrogens is 423 g/mol. The molecule has 2 amide bonds. The largest absolute Gasteiger partial charge is 0.493 e. The van der Waals surface area contributed by atoms with Crippen molar-refractivity contribution in [2.45, 2.75) is 19.3 Å². The molecule has 1 aliphatic rings. The third-order valence-corrected chi connectivity index (χ3v) is 5.78. The summed E-state index contributed by atoms with van der Waals surface area (Å²) in [7, 11) is 0. The van der Waals surface area contributed by atoms with Crippen molar-refractivity contribution in [1.82, 2.24) is 4.90 Å². The molecule has 2 aromatic carbocycles. The summed E-state index contributed by atoms with van der Waals surface area (Å²) < 4.78 is 24.7. The van der Waals surface area contributed by atoms with Crippen molar-refractivity contribution in [1.29, 1.82) is 0 Å². The number of primary amides is 1. The number of benzene rings is 2. The summed E-state index contributed by atoms with van der Waals surface area (Å²) in [6.45, 7) is 1.02. The van der Waals surface area contributed by atoms with E-state index in [2.05, 4.69) is 0 Å². The maximum absolute atomic E-state index is 13.2. The van der Waals surface area contributed by atoms with E-state index in [-0.39, 0.29) is 30.5 Å². The fourth-order valence-electron chi connectivity index (χ4n) is 4.11. The molecule has 1 aliphatic heterocycles. The number of furan rings is 1. The lowest BCUT2D eigenvalue weighted by atomic mass is 9.77. The Kier molecular flexibility index (Phi) is 5.87. The molecule has 8 heteroatoms. The van der Waals surface area contributed by atoms with Crippen LogP contribution < -0.4 is 10.5 Å². The van der Waals surface area contributed by atoms with Crippen molar-refractivity contribution >= 4 is 34.4 Å². The monoisotopic (exact) mass is 444 g/mol. The predicted octanol–water partition coefficient (Wildman–Crippen LogP) is 4.40. The molecule has 1 saturated heterocycles. The van der Waals surface area contributed by atoms with Crippen molar-refractivity contribution in [3.8, 4) is 5.75 Å². The maximum atomic E-state index is 13.2. The van der Waals surface area contributed by atoms with Crippen molar-refractivity contribution in [2.75, 3.05) is 19.7 Å². The molecule has 0 spiro atoms. The second-order valence-electron chi connectivity index (χ2n) is 8.01. The Bertz CT molecular complexity index is 1110. The Labute approximate surface area is 183 Å². The van der Waals surface area contributed by atoms with E-state index < -0.39 is 11.3 Å². The van der Waals surface area contributed by atoms with Crippen LogP contribution in [-0.4, -0.2) is 36.4 Å². The van der Waals surface area contributed by atoms with Gasteiger partial charge >= 0.3 is 0 Å². The normalized spacial score (nSPS) is 18.8. The molecule has 0 radical (unpaired) electrons. The average Bonchev–Trinajstić information content (AvgIpc) is 3.15. The third-order valence-electron chi connectivity index (χ3n) is 5.55. The molecular formula is C23H22ClFN2O4. The van der Waals surface area contributed by atoms with Crippen molar-refractivity contribution < 1.29 is 23.1 Å². The lowest BCUT2D eigenvalue weighted by molar-refractivity contribution is -0.122. The van der Waals surface area contributed by atoms with E-state index in [9.17, 15) is 14.0 Å². The van der Waals surface area contributed by atoms with Gasteiger partial charge in [0.15, 0.2) is 5.76 Å². The number of fused-ring (bicyclic) bond motifs is 1. The van der Waals surface area contributed by atoms with Crippen LogP contribution in [0.2, 0.25) is 5.02 Å². The van der Waals surface area contributed by atoms with Crippen LogP contribution in [0.5, 0.6) is 5.75 Å². The summed E-state index contributed by atoms with van der Waals surface area (Å²) in [6, 6.07) is 12.5. The van der Waals surface area contributed by atoms with Crippen LogP contribution in [-0.2, 0) is 4.79 Å². The molecule has 3 aromatic rings. The highest BCUT2D eigenvalue weighted by molar-refractivity contribution is 6.31. The summed E-state index contributed by atoms with van der Waals surface area (Å²) >= 11 is 6.02. The number of halogens is 2. The van der Waals surface area contributed by atoms with Crippen LogP contribution in [0.4, 0.5) is 4.39 Å². The number of hydrogen-bond acceptors (Lipinski definition) is 4. The average molecular weight is 445 g/mol. The molecule has 1 fully saturated rings. The topological polar surface area (TPSA) is 85.8 Å². The number of ether oxygens (including phenoxy) is 1. The fraction of sp³-hybridized carbons (Fsp3) is 0.304. The van der Waals surface area contributed by atoms with Gasteiger partial charge < -0.3 is 19.8 Å². The molecule has 1 atom stereocenters. The van der Waals surface area contributed by atoms with E-state index >= 15 is 0 Å². The summed E-state index contributed by atoms with van der Waals surface area (Å²) in [5, 5.41) is 1.31. The number of carbonyl (C=O) groups is 2. The van der Waals surface area contributed by atoms with Gasteiger partial charge in [-0.3, -0.25) is 9.59 Å². The van der Waals surface area contributed by atoms with Gasteiger partial charge in [0.05, 0.1) is 6.61 Å². The van der Waals surface area contributed by atoms with Gasteiger partial charge in [-0.05, 0) is 61.4 Å². The fourth-order valence-corrected chi connectivity index (χ4v) is 4.29. The molecule has 4 rings (SSSR count). The predicted molar refractivity (Wildman–Crippen MR) is 115 cm³/mol.